The lowest BCUT2D eigenvalue weighted by molar-refractivity contribution is 0.660. The number of thiophene rings is 2. The van der Waals surface area contributed by atoms with Crippen molar-refractivity contribution in [3.8, 4) is 112 Å². The summed E-state index contributed by atoms with van der Waals surface area (Å²) in [6.45, 7) is 4.70. The molecule has 116 heavy (non-hydrogen) atoms. The zero-order valence-electron chi connectivity index (χ0n) is 63.3. The van der Waals surface area contributed by atoms with Crippen LogP contribution in [0.2, 0.25) is 0 Å². The van der Waals surface area contributed by atoms with Gasteiger partial charge < -0.3 is 4.42 Å². The Hall–Kier alpha value is -14.1. The summed E-state index contributed by atoms with van der Waals surface area (Å²) in [5.41, 5.74) is 31.7. The third-order valence-electron chi connectivity index (χ3n) is 25.3. The second kappa shape index (κ2) is 25.5. The van der Waals surface area contributed by atoms with Gasteiger partial charge in [-0.15, -0.1) is 22.7 Å². The molecule has 3 aliphatic carbocycles. The minimum atomic E-state index is -0.592. The van der Waals surface area contributed by atoms with Crippen molar-refractivity contribution in [2.45, 2.75) is 30.1 Å². The molecular weight excluding hydrogens is 1450 g/mol. The van der Waals surface area contributed by atoms with Gasteiger partial charge in [0.25, 0.3) is 0 Å². The largest absolute Gasteiger partial charge is 0.456 e. The van der Waals surface area contributed by atoms with Crippen LogP contribution in [0.3, 0.4) is 0 Å². The van der Waals surface area contributed by atoms with Crippen molar-refractivity contribution >= 4 is 85.0 Å². The Morgan fingerprint density at radius 1 is 0.241 bits per heavy atom. The number of hydrogen-bond acceptors (Lipinski definition) is 7. The van der Waals surface area contributed by atoms with E-state index < -0.39 is 10.8 Å². The van der Waals surface area contributed by atoms with Crippen molar-refractivity contribution in [2.75, 3.05) is 0 Å². The van der Waals surface area contributed by atoms with Gasteiger partial charge >= 0.3 is 0 Å². The van der Waals surface area contributed by atoms with Crippen LogP contribution in [0.1, 0.15) is 69.5 Å². The highest BCUT2D eigenvalue weighted by molar-refractivity contribution is 7.27. The van der Waals surface area contributed by atoms with Crippen molar-refractivity contribution in [2.24, 2.45) is 0 Å². The van der Waals surface area contributed by atoms with E-state index in [2.05, 4.69) is 378 Å². The van der Waals surface area contributed by atoms with Gasteiger partial charge in [-0.25, -0.2) is 19.9 Å². The Kier molecular flexibility index (Phi) is 14.6. The Balaban J connectivity index is 0.671. The molecule has 0 N–H and O–H groups in total. The number of benzene rings is 16. The predicted molar refractivity (Wildman–Crippen MR) is 481 cm³/mol. The number of rotatable bonds is 11. The molecule has 0 bridgehead atoms. The summed E-state index contributed by atoms with van der Waals surface area (Å²) >= 11 is 3.67. The van der Waals surface area contributed by atoms with Gasteiger partial charge in [0.05, 0.1) is 33.6 Å². The zero-order chi connectivity index (χ0) is 76.5. The molecule has 21 aromatic rings. The summed E-state index contributed by atoms with van der Waals surface area (Å²) in [6, 6.07) is 138. The highest BCUT2D eigenvalue weighted by Gasteiger charge is 2.49. The number of hydrogen-bond donors (Lipinski definition) is 0. The second-order valence-electron chi connectivity index (χ2n) is 31.6. The molecule has 0 aliphatic heterocycles. The lowest BCUT2D eigenvalue weighted by atomic mass is 9.67. The summed E-state index contributed by atoms with van der Waals surface area (Å²) in [4.78, 5) is 23.0. The number of furan rings is 1. The van der Waals surface area contributed by atoms with Crippen LogP contribution >= 0.6 is 22.7 Å². The van der Waals surface area contributed by atoms with Crippen LogP contribution in [0, 0.1) is 0 Å². The molecule has 5 heterocycles. The molecular formula is C109H68N4OS2. The first kappa shape index (κ1) is 66.5. The molecule has 7 heteroatoms. The zero-order valence-corrected chi connectivity index (χ0v) is 64.9. The van der Waals surface area contributed by atoms with Gasteiger partial charge in [0.2, 0.25) is 0 Å². The van der Waals surface area contributed by atoms with Crippen molar-refractivity contribution in [1.82, 2.24) is 19.9 Å². The van der Waals surface area contributed by atoms with Crippen LogP contribution in [0.4, 0.5) is 0 Å². The van der Waals surface area contributed by atoms with Crippen molar-refractivity contribution < 1.29 is 4.42 Å². The molecule has 0 spiro atoms. The molecule has 3 aliphatic rings. The van der Waals surface area contributed by atoms with Crippen LogP contribution in [0.25, 0.3) is 175 Å². The van der Waals surface area contributed by atoms with Gasteiger partial charge in [0.1, 0.15) is 11.2 Å². The maximum Gasteiger partial charge on any atom is 0.161 e. The molecule has 542 valence electrons. The molecule has 16 aromatic carbocycles. The highest BCUT2D eigenvalue weighted by atomic mass is 32.1. The van der Waals surface area contributed by atoms with Crippen LogP contribution in [-0.4, -0.2) is 19.9 Å². The normalized spacial score (nSPS) is 13.8. The van der Waals surface area contributed by atoms with Crippen LogP contribution in [0.5, 0.6) is 0 Å². The molecule has 0 saturated heterocycles. The summed E-state index contributed by atoms with van der Waals surface area (Å²) in [6.07, 6.45) is 0. The van der Waals surface area contributed by atoms with Gasteiger partial charge in [-0.05, 0) is 149 Å². The predicted octanol–water partition coefficient (Wildman–Crippen LogP) is 28.6. The smallest absolute Gasteiger partial charge is 0.161 e. The lowest BCUT2D eigenvalue weighted by Gasteiger charge is -2.33. The van der Waals surface area contributed by atoms with E-state index in [0.29, 0.717) is 11.6 Å². The molecule has 0 saturated carbocycles. The molecule has 5 nitrogen and oxygen atoms in total. The van der Waals surface area contributed by atoms with Crippen molar-refractivity contribution in [1.29, 1.82) is 0 Å². The van der Waals surface area contributed by atoms with Crippen molar-refractivity contribution in [3.63, 3.8) is 0 Å². The Morgan fingerprint density at radius 3 is 1.23 bits per heavy atom. The quantitative estimate of drug-likeness (QED) is 0.129. The summed E-state index contributed by atoms with van der Waals surface area (Å²) in [5, 5.41) is 6.92. The first-order valence-corrected chi connectivity index (χ1v) is 41.4. The minimum Gasteiger partial charge on any atom is -0.456 e. The SMILES string of the molecule is CC1(C)c2ccccc2-c2c(-c3nc(-c4cccc5c4-c4ccccc4C5(c4ccccc4)c4ccccc4)cc(-c4cccc5c4sc4cccc(-c6ccc7sc8c(-c9cc(-c%10cccc%11c%10-c%10ccccc%10C%11(c%10ccccc%10)c%10ccccc%10)nc(-c%10ccc%11c(c%10)oc%10ccccc%10%11)n9)cccc8c7c6)c45)n3)cccc21. The van der Waals surface area contributed by atoms with E-state index in [9.17, 15) is 0 Å². The Bertz CT molecular complexity index is 7610. The Labute approximate surface area is 678 Å². The lowest BCUT2D eigenvalue weighted by Crippen LogP contribution is -2.28. The topological polar surface area (TPSA) is 64.7 Å². The highest BCUT2D eigenvalue weighted by Crippen LogP contribution is 2.62. The van der Waals surface area contributed by atoms with E-state index in [-0.39, 0.29) is 5.41 Å². The first-order chi connectivity index (χ1) is 57.3. The van der Waals surface area contributed by atoms with Crippen molar-refractivity contribution in [3.05, 3.63) is 432 Å². The fourth-order valence-corrected chi connectivity index (χ4v) is 22.8. The van der Waals surface area contributed by atoms with Crippen LogP contribution < -0.4 is 0 Å². The van der Waals surface area contributed by atoms with Crippen LogP contribution in [-0.2, 0) is 16.2 Å². The number of para-hydroxylation sites is 1. The second-order valence-corrected chi connectivity index (χ2v) is 33.7. The van der Waals surface area contributed by atoms with E-state index in [1.807, 2.05) is 34.8 Å². The third-order valence-corrected chi connectivity index (χ3v) is 27.8. The fourth-order valence-electron chi connectivity index (χ4n) is 20.4. The molecule has 5 aromatic heterocycles. The van der Waals surface area contributed by atoms with Gasteiger partial charge in [-0.2, -0.15) is 0 Å². The van der Waals surface area contributed by atoms with E-state index >= 15 is 0 Å². The monoisotopic (exact) mass is 1510 g/mol. The molecule has 0 amide bonds. The van der Waals surface area contributed by atoms with Gasteiger partial charge in [0.15, 0.2) is 11.6 Å². The number of nitrogens with zero attached hydrogens (tertiary/aromatic N) is 4. The Morgan fingerprint density at radius 2 is 0.638 bits per heavy atom. The van der Waals surface area contributed by atoms with Gasteiger partial charge in [-0.1, -0.05) is 341 Å². The van der Waals surface area contributed by atoms with E-state index in [1.165, 1.54) is 130 Å². The summed E-state index contributed by atoms with van der Waals surface area (Å²) in [7, 11) is 0. The molecule has 24 rings (SSSR count). The standard InChI is InChI=1S/C109H68N4OS2/c1-107(2)85-49-19-15-38-75(85)101-83(48-27-52-88(101)107)106-112-92(79-44-26-54-90-100(79)77-40-17-21-51-87(77)109(90,69-33-11-5-12-34-69)70-35-13-6-14-36-70)64-94(113-106)81-46-24-47-82-102-71(41-28-56-98(102)116-104(81)82)65-58-60-97-84(61-65)74-42-23-45-80(103(74)115-97)93-63-91(110-105(111-93)66-57-59-73-72-37-18-22-55-95(72)114-96(73)62-66)78-43-25-53-89-99(78)76-39-16-20-50-86(76)108(89,67-29-7-3-8-30-67)68-31-9-4-10-32-68/h3-64H,1-2H3. The maximum atomic E-state index is 6.59. The van der Waals surface area contributed by atoms with E-state index in [1.54, 1.807) is 0 Å². The van der Waals surface area contributed by atoms with Crippen LogP contribution in [0.15, 0.2) is 381 Å². The fraction of sp³-hybridized carbons (Fsp3) is 0.0459. The number of aromatic nitrogens is 4. The van der Waals surface area contributed by atoms with Gasteiger partial charge in [0, 0.05) is 89.9 Å². The first-order valence-electron chi connectivity index (χ1n) is 39.8. The minimum absolute atomic E-state index is 0.225. The number of fused-ring (bicyclic) bond motifs is 18. The van der Waals surface area contributed by atoms with E-state index in [4.69, 9.17) is 24.4 Å². The maximum absolute atomic E-state index is 6.59. The molecule has 0 unspecified atom stereocenters. The molecule has 0 radical (unpaired) electrons. The average Bonchev–Trinajstić information content (AvgIpc) is 1.53. The molecule has 0 fully saturated rings. The summed E-state index contributed by atoms with van der Waals surface area (Å²) < 4.78 is 11.3. The average molecular weight is 1510 g/mol. The van der Waals surface area contributed by atoms with Gasteiger partial charge in [-0.3, -0.25) is 0 Å². The molecule has 0 atom stereocenters. The van der Waals surface area contributed by atoms with E-state index in [0.717, 1.165) is 88.4 Å². The third kappa shape index (κ3) is 9.55. The summed E-state index contributed by atoms with van der Waals surface area (Å²) in [5.74, 6) is 1.32.